The molecular weight excluding hydrogens is 432 g/mol. The molecule has 0 bridgehead atoms. The largest absolute Gasteiger partial charge is 0.250 e. The van der Waals surface area contributed by atoms with Gasteiger partial charge in [-0.15, -0.1) is 16.4 Å². The number of thiophene rings is 1. The SMILES string of the molecule is Cc1cc(C)n(Cn2ccc(-c3nc4c5c6c(sc5ncn4n3)CC(C(C)(C)C)CC6)n2)n1. The summed E-state index contributed by atoms with van der Waals surface area (Å²) in [4.78, 5) is 12.2. The highest BCUT2D eigenvalue weighted by Crippen LogP contribution is 2.43. The van der Waals surface area contributed by atoms with Crippen molar-refractivity contribution in [3.8, 4) is 11.5 Å². The highest BCUT2D eigenvalue weighted by molar-refractivity contribution is 7.19. The third-order valence-electron chi connectivity index (χ3n) is 6.86. The minimum atomic E-state index is 0.324. The molecule has 5 heterocycles. The zero-order chi connectivity index (χ0) is 22.9. The molecule has 0 aromatic carbocycles. The van der Waals surface area contributed by atoms with Gasteiger partial charge in [-0.1, -0.05) is 20.8 Å². The van der Waals surface area contributed by atoms with Crippen LogP contribution < -0.4 is 0 Å². The van der Waals surface area contributed by atoms with E-state index in [4.69, 9.17) is 20.2 Å². The first-order valence-corrected chi connectivity index (χ1v) is 12.3. The van der Waals surface area contributed by atoms with Crippen LogP contribution in [0, 0.1) is 25.2 Å². The van der Waals surface area contributed by atoms with Crippen LogP contribution in [0.3, 0.4) is 0 Å². The summed E-state index contributed by atoms with van der Waals surface area (Å²) in [6.07, 6.45) is 7.15. The van der Waals surface area contributed by atoms with Gasteiger partial charge in [0.2, 0.25) is 5.82 Å². The van der Waals surface area contributed by atoms with Gasteiger partial charge >= 0.3 is 0 Å². The standard InChI is InChI=1S/C24H28N8S/c1-14-10-15(2)32(27-14)13-30-9-8-18(28-30)21-26-22-20-17-7-6-16(24(3,4)5)11-19(17)33-23(20)25-12-31(22)29-21/h8-10,12,16H,6-7,11,13H2,1-5H3. The lowest BCUT2D eigenvalue weighted by molar-refractivity contribution is 0.218. The van der Waals surface area contributed by atoms with E-state index >= 15 is 0 Å². The fourth-order valence-corrected chi connectivity index (χ4v) is 6.20. The lowest BCUT2D eigenvalue weighted by Crippen LogP contribution is -2.26. The van der Waals surface area contributed by atoms with Crippen molar-refractivity contribution in [2.75, 3.05) is 0 Å². The molecule has 0 radical (unpaired) electrons. The number of nitrogens with zero attached hydrogens (tertiary/aromatic N) is 8. The summed E-state index contributed by atoms with van der Waals surface area (Å²) in [7, 11) is 0. The van der Waals surface area contributed by atoms with Gasteiger partial charge in [-0.3, -0.25) is 4.68 Å². The maximum Gasteiger partial charge on any atom is 0.202 e. The van der Waals surface area contributed by atoms with Crippen molar-refractivity contribution in [2.45, 2.75) is 60.5 Å². The molecule has 0 aliphatic heterocycles. The van der Waals surface area contributed by atoms with Crippen LogP contribution in [-0.4, -0.2) is 39.1 Å². The zero-order valence-electron chi connectivity index (χ0n) is 19.7. The molecule has 8 nitrogen and oxygen atoms in total. The van der Waals surface area contributed by atoms with Crippen LogP contribution >= 0.6 is 11.3 Å². The van der Waals surface area contributed by atoms with Gasteiger partial charge in [0.15, 0.2) is 5.65 Å². The molecule has 1 aliphatic rings. The van der Waals surface area contributed by atoms with Gasteiger partial charge in [-0.25, -0.2) is 19.2 Å². The Morgan fingerprint density at radius 1 is 1.15 bits per heavy atom. The Labute approximate surface area is 196 Å². The second-order valence-corrected chi connectivity index (χ2v) is 11.3. The van der Waals surface area contributed by atoms with Crippen LogP contribution in [0.2, 0.25) is 0 Å². The quantitative estimate of drug-likeness (QED) is 0.391. The minimum absolute atomic E-state index is 0.324. The smallest absolute Gasteiger partial charge is 0.202 e. The van der Waals surface area contributed by atoms with Crippen LogP contribution in [0.15, 0.2) is 24.7 Å². The molecule has 0 fully saturated rings. The van der Waals surface area contributed by atoms with Gasteiger partial charge in [0, 0.05) is 16.8 Å². The van der Waals surface area contributed by atoms with Crippen LogP contribution in [0.5, 0.6) is 0 Å². The topological polar surface area (TPSA) is 78.7 Å². The highest BCUT2D eigenvalue weighted by atomic mass is 32.1. The number of aromatic nitrogens is 8. The normalized spacial score (nSPS) is 16.7. The number of hydrogen-bond donors (Lipinski definition) is 0. The van der Waals surface area contributed by atoms with E-state index in [2.05, 4.69) is 38.9 Å². The van der Waals surface area contributed by atoms with Crippen molar-refractivity contribution in [1.29, 1.82) is 0 Å². The number of fused-ring (bicyclic) bond motifs is 5. The lowest BCUT2D eigenvalue weighted by atomic mass is 9.72. The average molecular weight is 461 g/mol. The Bertz CT molecular complexity index is 1490. The summed E-state index contributed by atoms with van der Waals surface area (Å²) in [5, 5.41) is 15.1. The first-order valence-electron chi connectivity index (χ1n) is 11.5. The Hall–Kier alpha value is -3.07. The Balaban J connectivity index is 1.36. The summed E-state index contributed by atoms with van der Waals surface area (Å²) >= 11 is 1.83. The van der Waals surface area contributed by atoms with E-state index in [0.29, 0.717) is 23.8 Å². The van der Waals surface area contributed by atoms with E-state index in [-0.39, 0.29) is 0 Å². The molecular formula is C24H28N8S. The molecule has 0 amide bonds. The predicted octanol–water partition coefficient (Wildman–Crippen LogP) is 4.67. The predicted molar refractivity (Wildman–Crippen MR) is 129 cm³/mol. The van der Waals surface area contributed by atoms with Gasteiger partial charge in [0.1, 0.15) is 23.5 Å². The molecule has 5 aromatic rings. The summed E-state index contributed by atoms with van der Waals surface area (Å²) < 4.78 is 5.62. The van der Waals surface area contributed by atoms with Gasteiger partial charge < -0.3 is 0 Å². The molecule has 1 atom stereocenters. The Morgan fingerprint density at radius 2 is 2.00 bits per heavy atom. The van der Waals surface area contributed by atoms with Crippen LogP contribution in [0.1, 0.15) is 49.0 Å². The number of hydrogen-bond acceptors (Lipinski definition) is 6. The van der Waals surface area contributed by atoms with Crippen molar-refractivity contribution in [2.24, 2.45) is 11.3 Å². The van der Waals surface area contributed by atoms with E-state index in [9.17, 15) is 0 Å². The minimum Gasteiger partial charge on any atom is -0.250 e. The summed E-state index contributed by atoms with van der Waals surface area (Å²) in [5.41, 5.74) is 5.50. The highest BCUT2D eigenvalue weighted by Gasteiger charge is 2.31. The second-order valence-electron chi connectivity index (χ2n) is 10.2. The summed E-state index contributed by atoms with van der Waals surface area (Å²) in [6.45, 7) is 11.7. The molecule has 6 rings (SSSR count). The molecule has 5 aromatic heterocycles. The maximum absolute atomic E-state index is 4.92. The third-order valence-corrected chi connectivity index (χ3v) is 8.02. The van der Waals surface area contributed by atoms with E-state index in [0.717, 1.165) is 40.4 Å². The van der Waals surface area contributed by atoms with Crippen LogP contribution in [0.4, 0.5) is 0 Å². The first kappa shape index (κ1) is 20.5. The first-order chi connectivity index (χ1) is 15.8. The molecule has 33 heavy (non-hydrogen) atoms. The van der Waals surface area contributed by atoms with Gasteiger partial charge in [-0.05, 0) is 62.1 Å². The average Bonchev–Trinajstić information content (AvgIpc) is 3.51. The number of rotatable bonds is 3. The molecule has 1 aliphatic carbocycles. The maximum atomic E-state index is 4.92. The van der Waals surface area contributed by atoms with Crippen molar-refractivity contribution in [3.05, 3.63) is 46.5 Å². The second kappa shape index (κ2) is 7.21. The monoisotopic (exact) mass is 460 g/mol. The van der Waals surface area contributed by atoms with Crippen LogP contribution in [-0.2, 0) is 19.5 Å². The molecule has 9 heteroatoms. The molecule has 1 unspecified atom stereocenters. The molecule has 0 saturated carbocycles. The van der Waals surface area contributed by atoms with E-state index in [1.165, 1.54) is 22.2 Å². The summed E-state index contributed by atoms with van der Waals surface area (Å²) in [6, 6.07) is 4.03. The van der Waals surface area contributed by atoms with Crippen molar-refractivity contribution >= 4 is 27.2 Å². The van der Waals surface area contributed by atoms with Crippen molar-refractivity contribution < 1.29 is 0 Å². The van der Waals surface area contributed by atoms with E-state index in [1.54, 1.807) is 10.8 Å². The third kappa shape index (κ3) is 3.45. The van der Waals surface area contributed by atoms with E-state index in [1.807, 2.05) is 39.9 Å². The molecule has 0 N–H and O–H groups in total. The fourth-order valence-electron chi connectivity index (χ4n) is 4.94. The zero-order valence-corrected chi connectivity index (χ0v) is 20.5. The Kier molecular flexibility index (Phi) is 4.49. The van der Waals surface area contributed by atoms with Gasteiger partial charge in [0.05, 0.1) is 11.1 Å². The molecule has 0 saturated heterocycles. The van der Waals surface area contributed by atoms with Crippen LogP contribution in [0.25, 0.3) is 27.4 Å². The molecule has 0 spiro atoms. The lowest BCUT2D eigenvalue weighted by Gasteiger charge is -2.33. The van der Waals surface area contributed by atoms with Gasteiger partial charge in [-0.2, -0.15) is 10.2 Å². The fraction of sp³-hybridized carbons (Fsp3) is 0.458. The Morgan fingerprint density at radius 3 is 2.76 bits per heavy atom. The van der Waals surface area contributed by atoms with E-state index < -0.39 is 0 Å². The van der Waals surface area contributed by atoms with Crippen molar-refractivity contribution in [3.63, 3.8) is 0 Å². The van der Waals surface area contributed by atoms with Gasteiger partial charge in [0.25, 0.3) is 0 Å². The van der Waals surface area contributed by atoms with Crippen molar-refractivity contribution in [1.82, 2.24) is 39.1 Å². The number of aryl methyl sites for hydroxylation is 3. The summed E-state index contributed by atoms with van der Waals surface area (Å²) in [5.74, 6) is 1.33. The molecule has 170 valence electrons.